The van der Waals surface area contributed by atoms with Gasteiger partial charge in [0.15, 0.2) is 9.84 Å². The largest absolute Gasteiger partial charge is 0.337 e. The van der Waals surface area contributed by atoms with E-state index in [9.17, 15) is 18.0 Å². The fourth-order valence-corrected chi connectivity index (χ4v) is 7.87. The lowest BCUT2D eigenvalue weighted by Gasteiger charge is -2.26. The molecule has 3 heterocycles. The first-order valence-corrected chi connectivity index (χ1v) is 14.5. The fraction of sp³-hybridized carbons (Fsp3) is 0.240. The van der Waals surface area contributed by atoms with Crippen LogP contribution in [0.25, 0.3) is 20.8 Å². The average Bonchev–Trinajstić information content (AvgIpc) is 3.38. The van der Waals surface area contributed by atoms with E-state index >= 15 is 0 Å². The van der Waals surface area contributed by atoms with Gasteiger partial charge < -0.3 is 10.2 Å². The van der Waals surface area contributed by atoms with Gasteiger partial charge in [-0.05, 0) is 29.7 Å². The molecule has 1 aliphatic heterocycles. The predicted molar refractivity (Wildman–Crippen MR) is 140 cm³/mol. The molecule has 2 aromatic heterocycles. The summed E-state index contributed by atoms with van der Waals surface area (Å²) in [7, 11) is -3.65. The number of benzene rings is 2. The van der Waals surface area contributed by atoms with Crippen molar-refractivity contribution in [1.82, 2.24) is 9.88 Å². The van der Waals surface area contributed by atoms with Crippen LogP contribution in [0.4, 0.5) is 5.00 Å². The van der Waals surface area contributed by atoms with Crippen molar-refractivity contribution in [3.8, 4) is 10.6 Å². The zero-order chi connectivity index (χ0) is 24.6. The van der Waals surface area contributed by atoms with Crippen molar-refractivity contribution in [2.24, 2.45) is 0 Å². The smallest absolute Gasteiger partial charge is 0.240 e. The van der Waals surface area contributed by atoms with E-state index in [1.54, 1.807) is 36.1 Å². The van der Waals surface area contributed by atoms with Crippen molar-refractivity contribution in [2.75, 3.05) is 17.6 Å². The Kier molecular flexibility index (Phi) is 6.43. The molecule has 4 aromatic rings. The Bertz CT molecular complexity index is 1490. The summed E-state index contributed by atoms with van der Waals surface area (Å²) in [5, 5.41) is 4.22. The van der Waals surface area contributed by atoms with Crippen molar-refractivity contribution >= 4 is 59.5 Å². The molecule has 35 heavy (non-hydrogen) atoms. The number of hydrogen-bond donors (Lipinski definition) is 1. The van der Waals surface area contributed by atoms with Gasteiger partial charge in [-0.25, -0.2) is 13.4 Å². The number of anilines is 1. The molecule has 1 aliphatic rings. The van der Waals surface area contributed by atoms with E-state index in [2.05, 4.69) is 5.32 Å². The lowest BCUT2D eigenvalue weighted by atomic mass is 10.0. The normalized spacial score (nSPS) is 13.6. The highest BCUT2D eigenvalue weighted by Crippen LogP contribution is 2.45. The number of carbonyl (C=O) groups excluding carboxylic acids is 2. The molecule has 5 rings (SSSR count). The molecule has 0 aliphatic carbocycles. The first-order chi connectivity index (χ1) is 16.8. The number of hydrogen-bond acceptors (Lipinski definition) is 7. The molecule has 180 valence electrons. The van der Waals surface area contributed by atoms with Gasteiger partial charge in [-0.1, -0.05) is 42.5 Å². The molecule has 0 bridgehead atoms. The molecular weight excluding hydrogens is 502 g/mol. The number of carbonyl (C=O) groups is 2. The minimum absolute atomic E-state index is 0.00294. The molecule has 0 saturated heterocycles. The first-order valence-electron chi connectivity index (χ1n) is 11.1. The summed E-state index contributed by atoms with van der Waals surface area (Å²) in [5.41, 5.74) is 3.42. The maximum atomic E-state index is 12.9. The number of sulfone groups is 1. The molecule has 7 nitrogen and oxygen atoms in total. The molecule has 2 aromatic carbocycles. The monoisotopic (exact) mass is 525 g/mol. The summed E-state index contributed by atoms with van der Waals surface area (Å²) in [5.74, 6) is -1.38. The van der Waals surface area contributed by atoms with Crippen molar-refractivity contribution in [3.63, 3.8) is 0 Å². The Morgan fingerprint density at radius 2 is 1.80 bits per heavy atom. The standard InChI is InChI=1S/C25H23N3O4S3/c1-16(29)28-12-11-18-21(13-28)34-25(23(18)24-26-19-9-5-6-10-20(19)33-24)27-22(30)15-35(31,32)14-17-7-3-2-4-8-17/h2-10H,11-15H2,1H3,(H,27,30). The SMILES string of the molecule is CC(=O)N1CCc2c(sc(NC(=O)CS(=O)(=O)Cc3ccccc3)c2-c2nc3ccccc3s2)C1. The van der Waals surface area contributed by atoms with Gasteiger partial charge in [0.25, 0.3) is 0 Å². The van der Waals surface area contributed by atoms with Gasteiger partial charge in [-0.2, -0.15) is 0 Å². The summed E-state index contributed by atoms with van der Waals surface area (Å²) in [6.45, 7) is 2.61. The molecule has 0 unspecified atom stereocenters. The Labute approximate surface area is 211 Å². The van der Waals surface area contributed by atoms with Gasteiger partial charge >= 0.3 is 0 Å². The molecule has 0 spiro atoms. The van der Waals surface area contributed by atoms with Gasteiger partial charge in [0, 0.05) is 23.9 Å². The van der Waals surface area contributed by atoms with Crippen LogP contribution in [-0.2, 0) is 38.1 Å². The van der Waals surface area contributed by atoms with Crippen molar-refractivity contribution in [2.45, 2.75) is 25.6 Å². The van der Waals surface area contributed by atoms with Crippen LogP contribution in [0.1, 0.15) is 22.9 Å². The van der Waals surface area contributed by atoms with Crippen LogP contribution in [0.5, 0.6) is 0 Å². The maximum absolute atomic E-state index is 12.9. The van der Waals surface area contributed by atoms with E-state index in [-0.39, 0.29) is 11.7 Å². The second kappa shape index (κ2) is 9.52. The van der Waals surface area contributed by atoms with Gasteiger partial charge in [-0.3, -0.25) is 9.59 Å². The van der Waals surface area contributed by atoms with E-state index in [0.29, 0.717) is 30.1 Å². The van der Waals surface area contributed by atoms with Crippen molar-refractivity contribution in [3.05, 3.63) is 70.6 Å². The summed E-state index contributed by atoms with van der Waals surface area (Å²) >= 11 is 2.93. The molecule has 2 amide bonds. The zero-order valence-corrected chi connectivity index (χ0v) is 21.4. The average molecular weight is 526 g/mol. The van der Waals surface area contributed by atoms with Gasteiger partial charge in [-0.15, -0.1) is 22.7 Å². The number of para-hydroxylation sites is 1. The molecule has 0 atom stereocenters. The van der Waals surface area contributed by atoms with Crippen LogP contribution in [-0.4, -0.2) is 42.4 Å². The molecular formula is C25H23N3O4S3. The minimum atomic E-state index is -3.65. The third kappa shape index (κ3) is 5.14. The highest BCUT2D eigenvalue weighted by Gasteiger charge is 2.29. The maximum Gasteiger partial charge on any atom is 0.240 e. The van der Waals surface area contributed by atoms with E-state index in [1.807, 2.05) is 30.3 Å². The highest BCUT2D eigenvalue weighted by atomic mass is 32.2. The van der Waals surface area contributed by atoms with Gasteiger partial charge in [0.2, 0.25) is 11.8 Å². The Balaban J connectivity index is 1.46. The third-order valence-corrected chi connectivity index (χ3v) is 9.50. The number of amides is 2. The van der Waals surface area contributed by atoms with E-state index in [0.717, 1.165) is 31.2 Å². The van der Waals surface area contributed by atoms with Gasteiger partial charge in [0.05, 0.1) is 22.5 Å². The molecule has 0 saturated carbocycles. The first kappa shape index (κ1) is 23.7. The zero-order valence-electron chi connectivity index (χ0n) is 19.0. The van der Waals surface area contributed by atoms with Crippen molar-refractivity contribution < 1.29 is 18.0 Å². The van der Waals surface area contributed by atoms with E-state index in [4.69, 9.17) is 4.98 Å². The van der Waals surface area contributed by atoms with Crippen LogP contribution >= 0.6 is 22.7 Å². The quantitative estimate of drug-likeness (QED) is 0.400. The molecule has 10 heteroatoms. The number of thiophene rings is 1. The van der Waals surface area contributed by atoms with Crippen LogP contribution in [0.15, 0.2) is 54.6 Å². The minimum Gasteiger partial charge on any atom is -0.337 e. The van der Waals surface area contributed by atoms with E-state index in [1.165, 1.54) is 22.7 Å². The number of aromatic nitrogens is 1. The molecule has 0 fully saturated rings. The highest BCUT2D eigenvalue weighted by molar-refractivity contribution is 7.91. The second-order valence-electron chi connectivity index (χ2n) is 8.45. The Hall–Kier alpha value is -3.08. The van der Waals surface area contributed by atoms with Crippen molar-refractivity contribution in [1.29, 1.82) is 0 Å². The number of nitrogens with zero attached hydrogens (tertiary/aromatic N) is 2. The molecule has 1 N–H and O–H groups in total. The second-order valence-corrected chi connectivity index (χ2v) is 12.7. The third-order valence-electron chi connectivity index (χ3n) is 5.84. The number of thiazole rings is 1. The summed E-state index contributed by atoms with van der Waals surface area (Å²) in [6, 6.07) is 16.7. The number of nitrogens with one attached hydrogen (secondary N) is 1. The van der Waals surface area contributed by atoms with Crippen LogP contribution in [0.2, 0.25) is 0 Å². The number of rotatable bonds is 6. The predicted octanol–water partition coefficient (Wildman–Crippen LogP) is 4.48. The molecule has 0 radical (unpaired) electrons. The number of fused-ring (bicyclic) bond motifs is 2. The topological polar surface area (TPSA) is 96.4 Å². The van der Waals surface area contributed by atoms with Crippen LogP contribution < -0.4 is 5.32 Å². The lowest BCUT2D eigenvalue weighted by molar-refractivity contribution is -0.129. The summed E-state index contributed by atoms with van der Waals surface area (Å²) < 4.78 is 26.4. The Morgan fingerprint density at radius 3 is 2.54 bits per heavy atom. The Morgan fingerprint density at radius 1 is 1.06 bits per heavy atom. The van der Waals surface area contributed by atoms with Crippen LogP contribution in [0.3, 0.4) is 0 Å². The van der Waals surface area contributed by atoms with Crippen LogP contribution in [0, 0.1) is 0 Å². The summed E-state index contributed by atoms with van der Waals surface area (Å²) in [4.78, 5) is 32.4. The summed E-state index contributed by atoms with van der Waals surface area (Å²) in [6.07, 6.45) is 0.652. The van der Waals surface area contributed by atoms with Gasteiger partial charge in [0.1, 0.15) is 15.8 Å². The lowest BCUT2D eigenvalue weighted by Crippen LogP contribution is -2.33. The fourth-order valence-electron chi connectivity index (χ4n) is 4.21. The van der Waals surface area contributed by atoms with E-state index < -0.39 is 21.5 Å².